The lowest BCUT2D eigenvalue weighted by atomic mass is 10.1. The first-order valence-electron chi connectivity index (χ1n) is 13.3. The van der Waals surface area contributed by atoms with E-state index in [1.807, 2.05) is 29.9 Å². The molecule has 2 aliphatic rings. The van der Waals surface area contributed by atoms with Crippen molar-refractivity contribution >= 4 is 38.3 Å². The molecular weight excluding hydrogens is 496 g/mol. The van der Waals surface area contributed by atoms with Crippen LogP contribution in [-0.2, 0) is 24.9 Å². The van der Waals surface area contributed by atoms with Gasteiger partial charge in [0.05, 0.1) is 30.0 Å². The van der Waals surface area contributed by atoms with Gasteiger partial charge in [-0.3, -0.25) is 9.80 Å². The van der Waals surface area contributed by atoms with Crippen molar-refractivity contribution < 1.29 is 4.74 Å². The van der Waals surface area contributed by atoms with Crippen LogP contribution in [0.2, 0.25) is 0 Å². The zero-order valence-electron chi connectivity index (χ0n) is 21.6. The van der Waals surface area contributed by atoms with E-state index in [2.05, 4.69) is 66.6 Å². The average Bonchev–Trinajstić information content (AvgIpc) is 3.69. The average molecular weight is 529 g/mol. The maximum atomic E-state index is 5.65. The number of anilines is 1. The fraction of sp³-hybridized carbons (Fsp3) is 0.393. The first-order valence-corrected chi connectivity index (χ1v) is 14.1. The topological polar surface area (TPSA) is 78.3 Å². The normalized spacial score (nSPS) is 17.7. The highest BCUT2D eigenvalue weighted by molar-refractivity contribution is 7.19. The molecule has 0 atom stereocenters. The lowest BCUT2D eigenvalue weighted by Crippen LogP contribution is -2.45. The molecule has 0 bridgehead atoms. The molecule has 7 rings (SSSR count). The van der Waals surface area contributed by atoms with Crippen LogP contribution in [0.5, 0.6) is 0 Å². The fourth-order valence-electron chi connectivity index (χ4n) is 5.51. The minimum atomic E-state index is 0.731. The number of thiophene rings is 1. The predicted octanol–water partition coefficient (Wildman–Crippen LogP) is 3.73. The van der Waals surface area contributed by atoms with Gasteiger partial charge < -0.3 is 19.2 Å². The van der Waals surface area contributed by atoms with Crippen LogP contribution in [0.15, 0.2) is 48.9 Å². The number of ether oxygens (including phenoxy) is 1. The highest BCUT2D eigenvalue weighted by Gasteiger charge is 2.23. The van der Waals surface area contributed by atoms with E-state index in [4.69, 9.17) is 14.7 Å². The predicted molar refractivity (Wildman–Crippen MR) is 152 cm³/mol. The highest BCUT2D eigenvalue weighted by Crippen LogP contribution is 2.36. The number of rotatable bonds is 6. The molecule has 0 radical (unpaired) electrons. The number of morpholine rings is 1. The Hall–Kier alpha value is -3.31. The molecule has 0 aliphatic carbocycles. The Bertz CT molecular complexity index is 1560. The quantitative estimate of drug-likeness (QED) is 0.360. The number of aryl methyl sites for hydroxylation is 1. The molecule has 5 aromatic rings. The third-order valence-electron chi connectivity index (χ3n) is 7.68. The Balaban J connectivity index is 1.16. The van der Waals surface area contributed by atoms with E-state index in [9.17, 15) is 0 Å². The minimum absolute atomic E-state index is 0.731. The van der Waals surface area contributed by atoms with Gasteiger partial charge in [-0.05, 0) is 18.2 Å². The van der Waals surface area contributed by atoms with Gasteiger partial charge in [-0.2, -0.15) is 0 Å². The van der Waals surface area contributed by atoms with Gasteiger partial charge in [-0.1, -0.05) is 12.1 Å². The molecule has 2 saturated heterocycles. The second-order valence-electron chi connectivity index (χ2n) is 10.1. The first-order chi connectivity index (χ1) is 18.7. The zero-order chi connectivity index (χ0) is 25.5. The zero-order valence-corrected chi connectivity index (χ0v) is 22.5. The number of aromatic amines is 1. The van der Waals surface area contributed by atoms with Crippen molar-refractivity contribution in [3.8, 4) is 11.4 Å². The summed E-state index contributed by atoms with van der Waals surface area (Å²) in [6, 6.07) is 10.7. The van der Waals surface area contributed by atoms with Crippen LogP contribution in [0.1, 0.15) is 10.7 Å². The highest BCUT2D eigenvalue weighted by atomic mass is 32.1. The van der Waals surface area contributed by atoms with Crippen molar-refractivity contribution in [3.63, 3.8) is 0 Å². The second-order valence-corrected chi connectivity index (χ2v) is 11.3. The minimum Gasteiger partial charge on any atom is -0.378 e. The largest absolute Gasteiger partial charge is 0.378 e. The molecule has 38 heavy (non-hydrogen) atoms. The molecule has 1 N–H and O–H groups in total. The van der Waals surface area contributed by atoms with E-state index in [1.54, 1.807) is 0 Å². The molecule has 0 saturated carbocycles. The van der Waals surface area contributed by atoms with Gasteiger partial charge in [0.15, 0.2) is 11.6 Å². The summed E-state index contributed by atoms with van der Waals surface area (Å²) >= 11 is 1.84. The fourth-order valence-corrected chi connectivity index (χ4v) is 6.66. The molecule has 2 fully saturated rings. The number of benzene rings is 1. The van der Waals surface area contributed by atoms with Crippen LogP contribution in [0.3, 0.4) is 0 Å². The molecular formula is C28H32N8OS. The van der Waals surface area contributed by atoms with Gasteiger partial charge >= 0.3 is 0 Å². The van der Waals surface area contributed by atoms with Crippen molar-refractivity contribution in [1.29, 1.82) is 0 Å². The van der Waals surface area contributed by atoms with Crippen LogP contribution in [0, 0.1) is 0 Å². The Morgan fingerprint density at radius 2 is 1.79 bits per heavy atom. The molecule has 4 aromatic heterocycles. The molecule has 0 spiro atoms. The lowest BCUT2D eigenvalue weighted by Gasteiger charge is -2.34. The van der Waals surface area contributed by atoms with Crippen LogP contribution < -0.4 is 4.90 Å². The summed E-state index contributed by atoms with van der Waals surface area (Å²) in [5.74, 6) is 2.96. The van der Waals surface area contributed by atoms with Crippen molar-refractivity contribution in [1.82, 2.24) is 34.3 Å². The monoisotopic (exact) mass is 528 g/mol. The summed E-state index contributed by atoms with van der Waals surface area (Å²) in [5, 5.41) is 1.15. The lowest BCUT2D eigenvalue weighted by molar-refractivity contribution is 0.120. The van der Waals surface area contributed by atoms with E-state index in [1.165, 1.54) is 9.58 Å². The smallest absolute Gasteiger partial charge is 0.162 e. The second kappa shape index (κ2) is 10.1. The molecule has 196 valence electrons. The number of aromatic nitrogens is 5. The van der Waals surface area contributed by atoms with Crippen LogP contribution in [-0.4, -0.2) is 86.8 Å². The molecule has 9 nitrogen and oxygen atoms in total. The number of fused-ring (bicyclic) bond motifs is 2. The maximum Gasteiger partial charge on any atom is 0.162 e. The van der Waals surface area contributed by atoms with Gasteiger partial charge in [0.25, 0.3) is 0 Å². The summed E-state index contributed by atoms with van der Waals surface area (Å²) in [6.07, 6.45) is 5.88. The molecule has 0 unspecified atom stereocenters. The number of hydrogen-bond donors (Lipinski definition) is 1. The van der Waals surface area contributed by atoms with Gasteiger partial charge in [0.1, 0.15) is 5.82 Å². The molecule has 10 heteroatoms. The van der Waals surface area contributed by atoms with Gasteiger partial charge in [0, 0.05) is 92.8 Å². The van der Waals surface area contributed by atoms with E-state index < -0.39 is 0 Å². The summed E-state index contributed by atoms with van der Waals surface area (Å²) < 4.78 is 8.94. The molecule has 2 aliphatic heterocycles. The van der Waals surface area contributed by atoms with Gasteiger partial charge in [-0.15, -0.1) is 11.3 Å². The Labute approximate surface area is 225 Å². The maximum absolute atomic E-state index is 5.65. The van der Waals surface area contributed by atoms with Crippen LogP contribution in [0.4, 0.5) is 5.82 Å². The third-order valence-corrected chi connectivity index (χ3v) is 8.79. The SMILES string of the molecule is Cn1ccnc1CN1CCN(Cc2cc3nc(-c4cccc5[nH]ccc45)nc(N4CCOCC4)c3s2)CC1. The van der Waals surface area contributed by atoms with E-state index in [0.717, 1.165) is 105 Å². The Morgan fingerprint density at radius 1 is 0.974 bits per heavy atom. The standard InChI is InChI=1S/C28H32N8OS/c1-33-8-7-30-25(33)19-35-11-9-34(10-12-35)18-20-17-24-26(38-20)28(36-13-15-37-16-14-36)32-27(31-24)22-3-2-4-23-21(22)5-6-29-23/h2-8,17,29H,9-16,18-19H2,1H3. The number of hydrogen-bond acceptors (Lipinski definition) is 8. The number of nitrogens with zero attached hydrogens (tertiary/aromatic N) is 7. The molecule has 1 aromatic carbocycles. The first kappa shape index (κ1) is 23.8. The van der Waals surface area contributed by atoms with E-state index in [-0.39, 0.29) is 0 Å². The number of imidazole rings is 1. The number of piperazine rings is 1. The van der Waals surface area contributed by atoms with Crippen LogP contribution >= 0.6 is 11.3 Å². The summed E-state index contributed by atoms with van der Waals surface area (Å²) in [5.41, 5.74) is 3.21. The van der Waals surface area contributed by atoms with Gasteiger partial charge in [-0.25, -0.2) is 15.0 Å². The van der Waals surface area contributed by atoms with Crippen molar-refractivity contribution in [3.05, 3.63) is 59.6 Å². The third kappa shape index (κ3) is 4.58. The summed E-state index contributed by atoms with van der Waals surface area (Å²) in [6.45, 7) is 9.25. The van der Waals surface area contributed by atoms with Gasteiger partial charge in [0.2, 0.25) is 0 Å². The van der Waals surface area contributed by atoms with Crippen molar-refractivity contribution in [2.75, 3.05) is 57.4 Å². The number of H-pyrrole nitrogens is 1. The van der Waals surface area contributed by atoms with E-state index in [0.29, 0.717) is 0 Å². The van der Waals surface area contributed by atoms with Crippen molar-refractivity contribution in [2.24, 2.45) is 7.05 Å². The molecule has 0 amide bonds. The molecule has 6 heterocycles. The van der Waals surface area contributed by atoms with Crippen LogP contribution in [0.25, 0.3) is 32.5 Å². The van der Waals surface area contributed by atoms with E-state index >= 15 is 0 Å². The van der Waals surface area contributed by atoms with Crippen molar-refractivity contribution in [2.45, 2.75) is 13.1 Å². The number of nitrogens with one attached hydrogen (secondary N) is 1. The summed E-state index contributed by atoms with van der Waals surface area (Å²) in [7, 11) is 2.07. The summed E-state index contributed by atoms with van der Waals surface area (Å²) in [4.78, 5) is 26.8. The Kier molecular flexibility index (Phi) is 6.32. The Morgan fingerprint density at radius 3 is 2.58 bits per heavy atom.